The smallest absolute Gasteiger partial charge is 0.153 e. The van der Waals surface area contributed by atoms with Gasteiger partial charge in [0, 0.05) is 19.8 Å². The predicted octanol–water partition coefficient (Wildman–Crippen LogP) is 3.72. The van der Waals surface area contributed by atoms with Crippen molar-refractivity contribution in [2.75, 3.05) is 20.3 Å². The Morgan fingerprint density at radius 3 is 2.71 bits per heavy atom. The molecule has 0 radical (unpaired) electrons. The molecule has 0 fully saturated rings. The number of furan rings is 1. The number of rotatable bonds is 9. The molecule has 0 spiro atoms. The first-order valence-corrected chi connectivity index (χ1v) is 8.10. The lowest BCUT2D eigenvalue weighted by Gasteiger charge is -2.24. The van der Waals surface area contributed by atoms with E-state index in [1.807, 2.05) is 25.4 Å². The lowest BCUT2D eigenvalue weighted by Crippen LogP contribution is -2.28. The first-order chi connectivity index (χ1) is 10.2. The maximum absolute atomic E-state index is 10.4. The topological polar surface area (TPSA) is 39.9 Å². The molecule has 1 aromatic rings. The summed E-state index contributed by atoms with van der Waals surface area (Å²) in [6.07, 6.45) is 10.7. The highest BCUT2D eigenvalue weighted by Gasteiger charge is 2.26. The summed E-state index contributed by atoms with van der Waals surface area (Å²) in [5, 5.41) is 10.4. The molecule has 1 unspecified atom stereocenters. The van der Waals surface area contributed by atoms with E-state index in [1.54, 1.807) is 6.26 Å². The number of nitrogens with zero attached hydrogens (tertiary/aromatic N) is 2. The van der Waals surface area contributed by atoms with Crippen molar-refractivity contribution in [3.63, 3.8) is 0 Å². The monoisotopic (exact) mass is 292 g/mol. The largest absolute Gasteiger partial charge is 0.466 e. The molecule has 1 aliphatic heterocycles. The van der Waals surface area contributed by atoms with Crippen LogP contribution in [0, 0.1) is 0 Å². The van der Waals surface area contributed by atoms with Crippen molar-refractivity contribution in [1.29, 1.82) is 0 Å². The second kappa shape index (κ2) is 8.13. The van der Waals surface area contributed by atoms with Crippen molar-refractivity contribution in [1.82, 2.24) is 9.80 Å². The van der Waals surface area contributed by atoms with Crippen LogP contribution in [0.1, 0.15) is 57.3 Å². The quantitative estimate of drug-likeness (QED) is 0.704. The Balaban J connectivity index is 1.80. The molecule has 4 heteroatoms. The Hall–Kier alpha value is -1.42. The average molecular weight is 292 g/mol. The third-order valence-corrected chi connectivity index (χ3v) is 3.99. The number of aliphatic hydroxyl groups is 1. The molecular weight excluding hydrogens is 264 g/mol. The molecule has 0 bridgehead atoms. The van der Waals surface area contributed by atoms with Crippen molar-refractivity contribution in [2.45, 2.75) is 51.6 Å². The lowest BCUT2D eigenvalue weighted by molar-refractivity contribution is 0.142. The fourth-order valence-electron chi connectivity index (χ4n) is 2.82. The molecule has 1 aromatic heterocycles. The maximum Gasteiger partial charge on any atom is 0.153 e. The van der Waals surface area contributed by atoms with E-state index >= 15 is 0 Å². The van der Waals surface area contributed by atoms with E-state index in [9.17, 15) is 5.11 Å². The molecule has 0 aliphatic carbocycles. The molecule has 1 atom stereocenters. The highest BCUT2D eigenvalue weighted by molar-refractivity contribution is 5.19. The molecule has 1 aliphatic rings. The van der Waals surface area contributed by atoms with E-state index in [-0.39, 0.29) is 0 Å². The van der Waals surface area contributed by atoms with Crippen LogP contribution in [0.2, 0.25) is 0 Å². The summed E-state index contributed by atoms with van der Waals surface area (Å²) in [5.41, 5.74) is 0.945. The molecular formula is C17H28N2O2. The van der Waals surface area contributed by atoms with Gasteiger partial charge in [0.25, 0.3) is 0 Å². The van der Waals surface area contributed by atoms with Crippen LogP contribution in [-0.4, -0.2) is 35.2 Å². The molecule has 1 N–H and O–H groups in total. The van der Waals surface area contributed by atoms with Gasteiger partial charge in [-0.05, 0) is 18.6 Å². The summed E-state index contributed by atoms with van der Waals surface area (Å²) in [5.74, 6) is 0.615. The van der Waals surface area contributed by atoms with Crippen LogP contribution in [0.15, 0.2) is 34.7 Å². The van der Waals surface area contributed by atoms with Gasteiger partial charge >= 0.3 is 0 Å². The Morgan fingerprint density at radius 1 is 1.24 bits per heavy atom. The van der Waals surface area contributed by atoms with Gasteiger partial charge in [0.05, 0.1) is 18.6 Å². The average Bonchev–Trinajstić information content (AvgIpc) is 3.11. The second-order valence-corrected chi connectivity index (χ2v) is 5.90. The zero-order chi connectivity index (χ0) is 15.1. The zero-order valence-corrected chi connectivity index (χ0v) is 13.3. The van der Waals surface area contributed by atoms with Crippen molar-refractivity contribution >= 4 is 0 Å². The molecule has 0 saturated carbocycles. The summed E-state index contributed by atoms with van der Waals surface area (Å²) < 4.78 is 5.33. The van der Waals surface area contributed by atoms with Gasteiger partial charge in [-0.25, -0.2) is 0 Å². The van der Waals surface area contributed by atoms with Crippen LogP contribution in [0.25, 0.3) is 0 Å². The highest BCUT2D eigenvalue weighted by atomic mass is 16.4. The molecule has 2 rings (SSSR count). The fraction of sp³-hybridized carbons (Fsp3) is 0.647. The summed E-state index contributed by atoms with van der Waals surface area (Å²) in [4.78, 5) is 4.37. The molecule has 0 saturated heterocycles. The first kappa shape index (κ1) is 16.0. The van der Waals surface area contributed by atoms with Gasteiger partial charge in [0.2, 0.25) is 0 Å². The molecule has 118 valence electrons. The van der Waals surface area contributed by atoms with E-state index < -0.39 is 6.10 Å². The van der Waals surface area contributed by atoms with Crippen LogP contribution in [0.3, 0.4) is 0 Å². The fourth-order valence-corrected chi connectivity index (χ4v) is 2.82. The Morgan fingerprint density at radius 2 is 2.00 bits per heavy atom. The Bertz CT molecular complexity index is 428. The number of unbranched alkanes of at least 4 members (excludes halogenated alkanes) is 5. The molecule has 21 heavy (non-hydrogen) atoms. The zero-order valence-electron chi connectivity index (χ0n) is 13.3. The molecule has 4 nitrogen and oxygen atoms in total. The summed E-state index contributed by atoms with van der Waals surface area (Å²) >= 11 is 0. The van der Waals surface area contributed by atoms with Gasteiger partial charge in [0.1, 0.15) is 5.76 Å². The van der Waals surface area contributed by atoms with E-state index in [2.05, 4.69) is 16.7 Å². The van der Waals surface area contributed by atoms with E-state index in [0.29, 0.717) is 5.76 Å². The SMILES string of the molecule is CCCCCCCCN1CN(C)C=C1C(O)c1ccco1. The van der Waals surface area contributed by atoms with E-state index in [0.717, 1.165) is 18.9 Å². The van der Waals surface area contributed by atoms with Crippen LogP contribution < -0.4 is 0 Å². The van der Waals surface area contributed by atoms with Gasteiger partial charge in [-0.2, -0.15) is 0 Å². The Labute approximate surface area is 128 Å². The van der Waals surface area contributed by atoms with Gasteiger partial charge in [-0.1, -0.05) is 39.0 Å². The van der Waals surface area contributed by atoms with Gasteiger partial charge in [-0.3, -0.25) is 0 Å². The minimum absolute atomic E-state index is 0.615. The maximum atomic E-state index is 10.4. The molecule has 0 aromatic carbocycles. The standard InChI is InChI=1S/C17H28N2O2/c1-3-4-5-6-7-8-11-19-14-18(2)13-15(19)17(20)16-10-9-12-21-16/h9-10,12-13,17,20H,3-8,11,14H2,1-2H3. The van der Waals surface area contributed by atoms with Crippen molar-refractivity contribution in [3.8, 4) is 0 Å². The lowest BCUT2D eigenvalue weighted by atomic mass is 10.1. The minimum Gasteiger partial charge on any atom is -0.466 e. The molecule has 0 amide bonds. The van der Waals surface area contributed by atoms with Crippen molar-refractivity contribution in [3.05, 3.63) is 36.1 Å². The van der Waals surface area contributed by atoms with Crippen LogP contribution in [0.4, 0.5) is 0 Å². The Kier molecular flexibility index (Phi) is 6.18. The second-order valence-electron chi connectivity index (χ2n) is 5.90. The van der Waals surface area contributed by atoms with Gasteiger partial charge in [0.15, 0.2) is 6.10 Å². The number of aliphatic hydroxyl groups excluding tert-OH is 1. The molecule has 2 heterocycles. The van der Waals surface area contributed by atoms with E-state index in [4.69, 9.17) is 4.42 Å². The summed E-state index contributed by atoms with van der Waals surface area (Å²) in [6, 6.07) is 3.64. The number of hydrogen-bond donors (Lipinski definition) is 1. The summed E-state index contributed by atoms with van der Waals surface area (Å²) in [6.45, 7) is 4.09. The normalized spacial score (nSPS) is 16.4. The van der Waals surface area contributed by atoms with E-state index in [1.165, 1.54) is 38.5 Å². The van der Waals surface area contributed by atoms with Crippen molar-refractivity contribution in [2.24, 2.45) is 0 Å². The third-order valence-electron chi connectivity index (χ3n) is 3.99. The van der Waals surface area contributed by atoms with Gasteiger partial charge in [-0.15, -0.1) is 0 Å². The third kappa shape index (κ3) is 4.53. The van der Waals surface area contributed by atoms with Crippen molar-refractivity contribution < 1.29 is 9.52 Å². The number of hydrogen-bond acceptors (Lipinski definition) is 4. The van der Waals surface area contributed by atoms with Crippen LogP contribution in [-0.2, 0) is 0 Å². The summed E-state index contributed by atoms with van der Waals surface area (Å²) in [7, 11) is 2.04. The van der Waals surface area contributed by atoms with Crippen LogP contribution >= 0.6 is 0 Å². The predicted molar refractivity (Wildman–Crippen MR) is 84.5 cm³/mol. The highest BCUT2D eigenvalue weighted by Crippen LogP contribution is 2.29. The first-order valence-electron chi connectivity index (χ1n) is 8.10. The van der Waals surface area contributed by atoms with Crippen LogP contribution in [0.5, 0.6) is 0 Å². The van der Waals surface area contributed by atoms with Gasteiger partial charge < -0.3 is 19.3 Å². The minimum atomic E-state index is -0.662.